The van der Waals surface area contributed by atoms with E-state index in [2.05, 4.69) is 5.32 Å². The molecule has 3 rings (SSSR count). The molecule has 0 spiro atoms. The van der Waals surface area contributed by atoms with E-state index in [0.29, 0.717) is 22.2 Å². The van der Waals surface area contributed by atoms with Crippen LogP contribution in [-0.2, 0) is 26.2 Å². The van der Waals surface area contributed by atoms with Gasteiger partial charge in [0.2, 0.25) is 11.8 Å². The normalized spacial score (nSPS) is 12.2. The van der Waals surface area contributed by atoms with Crippen LogP contribution in [0.3, 0.4) is 0 Å². The van der Waals surface area contributed by atoms with Gasteiger partial charge >= 0.3 is 0 Å². The zero-order chi connectivity index (χ0) is 29.6. The summed E-state index contributed by atoms with van der Waals surface area (Å²) in [6.07, 6.45) is 0. The van der Waals surface area contributed by atoms with E-state index >= 15 is 0 Å². The first-order valence-electron chi connectivity index (χ1n) is 13.0. The van der Waals surface area contributed by atoms with Crippen molar-refractivity contribution in [1.82, 2.24) is 10.2 Å². The molecule has 0 fully saturated rings. The van der Waals surface area contributed by atoms with Gasteiger partial charge in [-0.05, 0) is 74.2 Å². The molecule has 0 radical (unpaired) electrons. The van der Waals surface area contributed by atoms with Gasteiger partial charge in [0.25, 0.3) is 10.0 Å². The fourth-order valence-corrected chi connectivity index (χ4v) is 5.79. The number of rotatable bonds is 11. The Balaban J connectivity index is 2.05. The van der Waals surface area contributed by atoms with Gasteiger partial charge in [-0.25, -0.2) is 8.42 Å². The quantitative estimate of drug-likeness (QED) is 0.291. The molecule has 0 saturated heterocycles. The lowest BCUT2D eigenvalue weighted by atomic mass is 10.1. The number of anilines is 1. The molecule has 0 aromatic heterocycles. The van der Waals surface area contributed by atoms with E-state index in [-0.39, 0.29) is 29.0 Å². The van der Waals surface area contributed by atoms with Crippen LogP contribution in [0.25, 0.3) is 0 Å². The van der Waals surface area contributed by atoms with Crippen molar-refractivity contribution >= 4 is 50.7 Å². The third kappa shape index (κ3) is 7.99. The van der Waals surface area contributed by atoms with Gasteiger partial charge < -0.3 is 10.2 Å². The summed E-state index contributed by atoms with van der Waals surface area (Å²) >= 11 is 12.3. The number of hydrogen-bond donors (Lipinski definition) is 1. The number of hydrogen-bond acceptors (Lipinski definition) is 4. The molecule has 1 N–H and O–H groups in total. The topological polar surface area (TPSA) is 86.8 Å². The molecule has 214 valence electrons. The van der Waals surface area contributed by atoms with Crippen LogP contribution < -0.4 is 9.62 Å². The maximum Gasteiger partial charge on any atom is 0.264 e. The summed E-state index contributed by atoms with van der Waals surface area (Å²) in [5.41, 5.74) is 2.55. The highest BCUT2D eigenvalue weighted by Crippen LogP contribution is 2.30. The third-order valence-electron chi connectivity index (χ3n) is 6.45. The standard InChI is InChI=1S/C30H35Cl2N3O4S/c1-20(2)17-33-30(37)23(5)34(18-24-9-12-25(31)13-10-24)29(36)19-35(28-16-26(32)11-8-22(28)4)40(38,39)27-14-6-21(3)7-15-27/h6-16,20,23H,17-19H2,1-5H3,(H,33,37)/t23-/m1/s1. The molecule has 2 amide bonds. The summed E-state index contributed by atoms with van der Waals surface area (Å²) < 4.78 is 29.0. The molecular weight excluding hydrogens is 569 g/mol. The minimum atomic E-state index is -4.18. The third-order valence-corrected chi connectivity index (χ3v) is 8.71. The number of benzene rings is 3. The van der Waals surface area contributed by atoms with Crippen molar-refractivity contribution in [2.75, 3.05) is 17.4 Å². The van der Waals surface area contributed by atoms with Gasteiger partial charge in [-0.15, -0.1) is 0 Å². The van der Waals surface area contributed by atoms with Crippen LogP contribution in [0.2, 0.25) is 10.0 Å². The van der Waals surface area contributed by atoms with Crippen molar-refractivity contribution in [1.29, 1.82) is 0 Å². The minimum absolute atomic E-state index is 0.0391. The number of carbonyl (C=O) groups excluding carboxylic acids is 2. The molecule has 3 aromatic rings. The van der Waals surface area contributed by atoms with E-state index in [1.54, 1.807) is 62.4 Å². The molecule has 0 saturated carbocycles. The van der Waals surface area contributed by atoms with Crippen LogP contribution in [0, 0.1) is 19.8 Å². The SMILES string of the molecule is Cc1ccc(S(=O)(=O)N(CC(=O)N(Cc2ccc(Cl)cc2)[C@H](C)C(=O)NCC(C)C)c2cc(Cl)ccc2C)cc1. The zero-order valence-electron chi connectivity index (χ0n) is 23.3. The van der Waals surface area contributed by atoms with Gasteiger partial charge in [0.1, 0.15) is 12.6 Å². The molecule has 7 nitrogen and oxygen atoms in total. The number of halogens is 2. The lowest BCUT2D eigenvalue weighted by molar-refractivity contribution is -0.139. The van der Waals surface area contributed by atoms with E-state index in [9.17, 15) is 18.0 Å². The highest BCUT2D eigenvalue weighted by molar-refractivity contribution is 7.92. The minimum Gasteiger partial charge on any atom is -0.354 e. The van der Waals surface area contributed by atoms with Gasteiger partial charge in [-0.3, -0.25) is 13.9 Å². The Morgan fingerprint density at radius 1 is 0.875 bits per heavy atom. The van der Waals surface area contributed by atoms with Crippen molar-refractivity contribution in [3.05, 3.63) is 93.5 Å². The fourth-order valence-electron chi connectivity index (χ4n) is 4.02. The molecule has 40 heavy (non-hydrogen) atoms. The summed E-state index contributed by atoms with van der Waals surface area (Å²) in [7, 11) is -4.18. The van der Waals surface area contributed by atoms with E-state index in [1.165, 1.54) is 23.1 Å². The second kappa shape index (κ2) is 13.5. The summed E-state index contributed by atoms with van der Waals surface area (Å²) in [6.45, 7) is 9.19. The molecule has 0 unspecified atom stereocenters. The first kappa shape index (κ1) is 31.5. The number of nitrogens with one attached hydrogen (secondary N) is 1. The van der Waals surface area contributed by atoms with Crippen LogP contribution in [-0.4, -0.2) is 44.3 Å². The number of carbonyl (C=O) groups is 2. The monoisotopic (exact) mass is 603 g/mol. The Labute approximate surface area is 247 Å². The highest BCUT2D eigenvalue weighted by atomic mass is 35.5. The maximum absolute atomic E-state index is 14.0. The van der Waals surface area contributed by atoms with Crippen molar-refractivity contribution in [3.63, 3.8) is 0 Å². The van der Waals surface area contributed by atoms with Crippen LogP contribution in [0.4, 0.5) is 5.69 Å². The Kier molecular flexibility index (Phi) is 10.6. The Morgan fingerprint density at radius 2 is 1.48 bits per heavy atom. The summed E-state index contributed by atoms with van der Waals surface area (Å²) in [6, 6.07) is 17.4. The lowest BCUT2D eigenvalue weighted by Crippen LogP contribution is -2.51. The smallest absolute Gasteiger partial charge is 0.264 e. The highest BCUT2D eigenvalue weighted by Gasteiger charge is 2.33. The zero-order valence-corrected chi connectivity index (χ0v) is 25.6. The van der Waals surface area contributed by atoms with Gasteiger partial charge in [0, 0.05) is 23.1 Å². The summed E-state index contributed by atoms with van der Waals surface area (Å²) in [5.74, 6) is -0.655. The number of sulfonamides is 1. The molecule has 10 heteroatoms. The van der Waals surface area contributed by atoms with Crippen LogP contribution in [0.15, 0.2) is 71.6 Å². The second-order valence-corrected chi connectivity index (χ2v) is 13.0. The van der Waals surface area contributed by atoms with E-state index in [4.69, 9.17) is 23.2 Å². The summed E-state index contributed by atoms with van der Waals surface area (Å²) in [4.78, 5) is 28.5. The van der Waals surface area contributed by atoms with Gasteiger partial charge in [-0.2, -0.15) is 0 Å². The number of amides is 2. The first-order chi connectivity index (χ1) is 18.8. The molecule has 0 aliphatic rings. The Hall–Kier alpha value is -3.07. The predicted octanol–water partition coefficient (Wildman–Crippen LogP) is 6.00. The largest absolute Gasteiger partial charge is 0.354 e. The van der Waals surface area contributed by atoms with Crippen molar-refractivity contribution in [2.24, 2.45) is 5.92 Å². The molecule has 0 aliphatic carbocycles. The molecule has 0 heterocycles. The number of aryl methyl sites for hydroxylation is 2. The number of nitrogens with zero attached hydrogens (tertiary/aromatic N) is 2. The molecular formula is C30H35Cl2N3O4S. The van der Waals surface area contributed by atoms with E-state index in [0.717, 1.165) is 15.4 Å². The second-order valence-electron chi connectivity index (χ2n) is 10.2. The van der Waals surface area contributed by atoms with Crippen LogP contribution in [0.1, 0.15) is 37.5 Å². The van der Waals surface area contributed by atoms with E-state index < -0.39 is 28.5 Å². The van der Waals surface area contributed by atoms with Crippen LogP contribution in [0.5, 0.6) is 0 Å². The molecule has 0 bridgehead atoms. The first-order valence-corrected chi connectivity index (χ1v) is 15.2. The van der Waals surface area contributed by atoms with Crippen LogP contribution >= 0.6 is 23.2 Å². The average molecular weight is 605 g/mol. The van der Waals surface area contributed by atoms with Crippen molar-refractivity contribution in [3.8, 4) is 0 Å². The maximum atomic E-state index is 14.0. The lowest BCUT2D eigenvalue weighted by Gasteiger charge is -2.32. The average Bonchev–Trinajstić information content (AvgIpc) is 2.91. The van der Waals surface area contributed by atoms with Gasteiger partial charge in [0.05, 0.1) is 10.6 Å². The molecule has 1 atom stereocenters. The molecule has 0 aliphatic heterocycles. The van der Waals surface area contributed by atoms with Crippen molar-refractivity contribution in [2.45, 2.75) is 52.1 Å². The fraction of sp³-hybridized carbons (Fsp3) is 0.333. The predicted molar refractivity (Wildman–Crippen MR) is 161 cm³/mol. The summed E-state index contributed by atoms with van der Waals surface area (Å²) in [5, 5.41) is 3.74. The Bertz CT molecular complexity index is 1440. The van der Waals surface area contributed by atoms with E-state index in [1.807, 2.05) is 20.8 Å². The molecule has 3 aromatic carbocycles. The van der Waals surface area contributed by atoms with Gasteiger partial charge in [-0.1, -0.05) is 72.9 Å². The Morgan fingerprint density at radius 3 is 2.08 bits per heavy atom. The van der Waals surface area contributed by atoms with Gasteiger partial charge in [0.15, 0.2) is 0 Å². The van der Waals surface area contributed by atoms with Crippen molar-refractivity contribution < 1.29 is 18.0 Å².